The Morgan fingerprint density at radius 2 is 1.70 bits per heavy atom. The number of anilines is 1. The van der Waals surface area contributed by atoms with Gasteiger partial charge in [0.1, 0.15) is 5.75 Å². The summed E-state index contributed by atoms with van der Waals surface area (Å²) < 4.78 is 6.70. The molecule has 0 aliphatic rings. The molecule has 0 saturated heterocycles. The number of benzene rings is 3. The van der Waals surface area contributed by atoms with Crippen molar-refractivity contribution in [3.8, 4) is 22.8 Å². The third kappa shape index (κ3) is 4.15. The predicted molar refractivity (Wildman–Crippen MR) is 118 cm³/mol. The maximum atomic E-state index is 12.8. The topological polar surface area (TPSA) is 69.0 Å². The van der Waals surface area contributed by atoms with Crippen LogP contribution in [0.25, 0.3) is 17.1 Å². The Morgan fingerprint density at radius 3 is 2.37 bits per heavy atom. The lowest BCUT2D eigenvalue weighted by molar-refractivity contribution is 0.101. The van der Waals surface area contributed by atoms with Crippen LogP contribution < -0.4 is 10.1 Å². The number of nitrogens with one attached hydrogen (secondary N) is 1. The van der Waals surface area contributed by atoms with E-state index in [1.165, 1.54) is 0 Å². The molecule has 0 bridgehead atoms. The quantitative estimate of drug-likeness (QED) is 0.446. The van der Waals surface area contributed by atoms with E-state index in [9.17, 15) is 4.79 Å². The molecule has 8 heteroatoms. The highest BCUT2D eigenvalue weighted by Gasteiger charge is 2.19. The van der Waals surface area contributed by atoms with Gasteiger partial charge in [0, 0.05) is 11.3 Å². The number of hydrogen-bond donors (Lipinski definition) is 1. The number of carbonyl (C=O) groups is 1. The fourth-order valence-electron chi connectivity index (χ4n) is 2.84. The first-order valence-electron chi connectivity index (χ1n) is 8.98. The second-order valence-corrected chi connectivity index (χ2v) is 7.13. The van der Waals surface area contributed by atoms with Crippen molar-refractivity contribution in [3.05, 3.63) is 88.7 Å². The van der Waals surface area contributed by atoms with Crippen molar-refractivity contribution in [2.24, 2.45) is 0 Å². The summed E-state index contributed by atoms with van der Waals surface area (Å²) in [6.07, 6.45) is 0. The van der Waals surface area contributed by atoms with E-state index in [2.05, 4.69) is 15.4 Å². The van der Waals surface area contributed by atoms with Gasteiger partial charge in [0.2, 0.25) is 5.82 Å². The highest BCUT2D eigenvalue weighted by molar-refractivity contribution is 6.42. The number of aromatic nitrogens is 3. The lowest BCUT2D eigenvalue weighted by Crippen LogP contribution is -2.14. The number of carbonyl (C=O) groups excluding carboxylic acids is 1. The summed E-state index contributed by atoms with van der Waals surface area (Å²) >= 11 is 12.2. The van der Waals surface area contributed by atoms with Gasteiger partial charge in [-0.2, -0.15) is 0 Å². The summed E-state index contributed by atoms with van der Waals surface area (Å²) in [7, 11) is 1.58. The van der Waals surface area contributed by atoms with Gasteiger partial charge in [-0.05, 0) is 42.5 Å². The van der Waals surface area contributed by atoms with Gasteiger partial charge < -0.3 is 10.1 Å². The zero-order valence-corrected chi connectivity index (χ0v) is 17.4. The molecule has 1 N–H and O–H groups in total. The lowest BCUT2D eigenvalue weighted by Gasteiger charge is -2.07. The van der Waals surface area contributed by atoms with Gasteiger partial charge in [-0.15, -0.1) is 5.10 Å². The first-order chi connectivity index (χ1) is 14.5. The molecular weight excluding hydrogens is 423 g/mol. The number of methoxy groups -OCH3 is 1. The molecular formula is C22H16Cl2N4O2. The SMILES string of the molecule is COc1ccc(NC(=O)c2nc(-c3ccccc3)n(-c3ccc(Cl)c(Cl)c3)n2)cc1. The maximum Gasteiger partial charge on any atom is 0.295 e. The number of ether oxygens (including phenoxy) is 1. The highest BCUT2D eigenvalue weighted by atomic mass is 35.5. The highest BCUT2D eigenvalue weighted by Crippen LogP contribution is 2.27. The molecule has 30 heavy (non-hydrogen) atoms. The minimum absolute atomic E-state index is 0.0238. The Bertz CT molecular complexity index is 1190. The van der Waals surface area contributed by atoms with Crippen molar-refractivity contribution in [1.29, 1.82) is 0 Å². The summed E-state index contributed by atoms with van der Waals surface area (Å²) in [5, 5.41) is 8.03. The monoisotopic (exact) mass is 438 g/mol. The first-order valence-corrected chi connectivity index (χ1v) is 9.74. The largest absolute Gasteiger partial charge is 0.497 e. The lowest BCUT2D eigenvalue weighted by atomic mass is 10.2. The first kappa shape index (κ1) is 19.9. The van der Waals surface area contributed by atoms with Gasteiger partial charge in [0.15, 0.2) is 5.82 Å². The van der Waals surface area contributed by atoms with Crippen molar-refractivity contribution in [1.82, 2.24) is 14.8 Å². The maximum absolute atomic E-state index is 12.8. The van der Waals surface area contributed by atoms with E-state index in [1.54, 1.807) is 54.3 Å². The number of halogens is 2. The van der Waals surface area contributed by atoms with Crippen molar-refractivity contribution < 1.29 is 9.53 Å². The van der Waals surface area contributed by atoms with Crippen LogP contribution in [0.4, 0.5) is 5.69 Å². The van der Waals surface area contributed by atoms with Crippen LogP contribution in [0.2, 0.25) is 10.0 Å². The summed E-state index contributed by atoms with van der Waals surface area (Å²) in [5.74, 6) is 0.794. The van der Waals surface area contributed by atoms with Crippen LogP contribution in [-0.4, -0.2) is 27.8 Å². The van der Waals surface area contributed by atoms with Crippen LogP contribution in [0.15, 0.2) is 72.8 Å². The Hall–Kier alpha value is -3.35. The molecule has 0 aliphatic carbocycles. The summed E-state index contributed by atoms with van der Waals surface area (Å²) in [6.45, 7) is 0. The van der Waals surface area contributed by atoms with Gasteiger partial charge in [-0.3, -0.25) is 4.79 Å². The van der Waals surface area contributed by atoms with Gasteiger partial charge in [-0.25, -0.2) is 9.67 Å². The molecule has 0 fully saturated rings. The second-order valence-electron chi connectivity index (χ2n) is 6.32. The zero-order chi connectivity index (χ0) is 21.1. The van der Waals surface area contributed by atoms with Crippen molar-refractivity contribution in [3.63, 3.8) is 0 Å². The van der Waals surface area contributed by atoms with Crippen LogP contribution in [0.1, 0.15) is 10.6 Å². The third-order valence-corrected chi connectivity index (χ3v) is 5.08. The Balaban J connectivity index is 1.72. The van der Waals surface area contributed by atoms with Crippen LogP contribution in [0, 0.1) is 0 Å². The average molecular weight is 439 g/mol. The molecule has 1 amide bonds. The molecule has 0 unspecified atom stereocenters. The zero-order valence-electron chi connectivity index (χ0n) is 15.8. The number of amides is 1. The van der Waals surface area contributed by atoms with Gasteiger partial charge in [0.25, 0.3) is 5.91 Å². The molecule has 150 valence electrons. The van der Waals surface area contributed by atoms with Crippen molar-refractivity contribution >= 4 is 34.8 Å². The standard InChI is InChI=1S/C22H16Cl2N4O2/c1-30-17-10-7-15(8-11-17)25-22(29)20-26-21(14-5-3-2-4-6-14)28(27-20)16-9-12-18(23)19(24)13-16/h2-13H,1H3,(H,25,29). The van der Waals surface area contributed by atoms with Gasteiger partial charge in [0.05, 0.1) is 22.8 Å². The average Bonchev–Trinajstić information content (AvgIpc) is 3.22. The van der Waals surface area contributed by atoms with E-state index in [0.717, 1.165) is 5.56 Å². The number of hydrogen-bond acceptors (Lipinski definition) is 4. The normalized spacial score (nSPS) is 10.6. The molecule has 4 aromatic rings. The molecule has 0 spiro atoms. The van der Waals surface area contributed by atoms with Gasteiger partial charge in [-0.1, -0.05) is 53.5 Å². The third-order valence-electron chi connectivity index (χ3n) is 4.34. The molecule has 4 rings (SSSR count). The molecule has 0 saturated carbocycles. The van der Waals surface area contributed by atoms with E-state index < -0.39 is 5.91 Å². The minimum Gasteiger partial charge on any atom is -0.497 e. The van der Waals surface area contributed by atoms with Crippen molar-refractivity contribution in [2.75, 3.05) is 12.4 Å². The molecule has 0 aliphatic heterocycles. The van der Waals surface area contributed by atoms with E-state index in [-0.39, 0.29) is 5.82 Å². The molecule has 0 atom stereocenters. The number of rotatable bonds is 5. The minimum atomic E-state index is -0.434. The van der Waals surface area contributed by atoms with Crippen LogP contribution >= 0.6 is 23.2 Å². The summed E-state index contributed by atoms with van der Waals surface area (Å²) in [6, 6.07) is 21.6. The molecule has 1 aromatic heterocycles. The molecule has 3 aromatic carbocycles. The Kier molecular flexibility index (Phi) is 5.70. The van der Waals surface area contributed by atoms with E-state index in [0.29, 0.717) is 33.0 Å². The predicted octanol–water partition coefficient (Wildman–Crippen LogP) is 5.50. The fourth-order valence-corrected chi connectivity index (χ4v) is 3.13. The Morgan fingerprint density at radius 1 is 0.967 bits per heavy atom. The summed E-state index contributed by atoms with van der Waals surface area (Å²) in [5.41, 5.74) is 2.05. The smallest absolute Gasteiger partial charge is 0.295 e. The summed E-state index contributed by atoms with van der Waals surface area (Å²) in [4.78, 5) is 17.3. The van der Waals surface area contributed by atoms with E-state index >= 15 is 0 Å². The fraction of sp³-hybridized carbons (Fsp3) is 0.0455. The van der Waals surface area contributed by atoms with Gasteiger partial charge >= 0.3 is 0 Å². The van der Waals surface area contributed by atoms with E-state index in [4.69, 9.17) is 27.9 Å². The molecule has 0 radical (unpaired) electrons. The van der Waals surface area contributed by atoms with Crippen LogP contribution in [0.3, 0.4) is 0 Å². The molecule has 1 heterocycles. The van der Waals surface area contributed by atoms with Crippen LogP contribution in [-0.2, 0) is 0 Å². The number of nitrogens with zero attached hydrogens (tertiary/aromatic N) is 3. The second kappa shape index (κ2) is 8.57. The van der Waals surface area contributed by atoms with E-state index in [1.807, 2.05) is 30.3 Å². The van der Waals surface area contributed by atoms with Crippen LogP contribution in [0.5, 0.6) is 5.75 Å². The van der Waals surface area contributed by atoms with Crippen molar-refractivity contribution in [2.45, 2.75) is 0 Å². The Labute approximate surface area is 183 Å². The molecule has 6 nitrogen and oxygen atoms in total.